The molecule has 53 heavy (non-hydrogen) atoms. The lowest BCUT2D eigenvalue weighted by Gasteiger charge is -2.27. The predicted octanol–water partition coefficient (Wildman–Crippen LogP) is 8.77. The van der Waals surface area contributed by atoms with Crippen LogP contribution in [-0.4, -0.2) is 65.3 Å². The van der Waals surface area contributed by atoms with Crippen LogP contribution in [0.3, 0.4) is 0 Å². The Hall–Kier alpha value is -3.78. The molecule has 11 nitrogen and oxygen atoms in total. The van der Waals surface area contributed by atoms with Crippen molar-refractivity contribution in [2.45, 2.75) is 102 Å². The van der Waals surface area contributed by atoms with Gasteiger partial charge in [-0.1, -0.05) is 88.4 Å². The van der Waals surface area contributed by atoms with Crippen LogP contribution in [-0.2, 0) is 24.8 Å². The molecule has 1 aliphatic heterocycles. The molecule has 3 aromatic carbocycles. The van der Waals surface area contributed by atoms with E-state index >= 15 is 0 Å². The smallest absolute Gasteiger partial charge is 0.278 e. The summed E-state index contributed by atoms with van der Waals surface area (Å²) in [5, 5.41) is 2.78. The van der Waals surface area contributed by atoms with Crippen molar-refractivity contribution in [2.75, 3.05) is 36.9 Å². The van der Waals surface area contributed by atoms with Gasteiger partial charge in [-0.25, -0.2) is 31.5 Å². The predicted molar refractivity (Wildman–Crippen MR) is 217 cm³/mol. The van der Waals surface area contributed by atoms with Crippen molar-refractivity contribution >= 4 is 71.9 Å². The lowest BCUT2D eigenvalue weighted by Crippen LogP contribution is -2.44. The molecule has 0 atom stereocenters. The van der Waals surface area contributed by atoms with Gasteiger partial charge in [-0.15, -0.1) is 0 Å². The Labute approximate surface area is 321 Å². The highest BCUT2D eigenvalue weighted by Crippen LogP contribution is 2.33. The Balaban J connectivity index is 1.58. The van der Waals surface area contributed by atoms with Gasteiger partial charge in [-0.3, -0.25) is 9.10 Å². The minimum atomic E-state index is -4.07. The van der Waals surface area contributed by atoms with Crippen LogP contribution < -0.4 is 14.9 Å². The van der Waals surface area contributed by atoms with Crippen LogP contribution in [0.5, 0.6) is 0 Å². The fraction of sp³-hybridized carbons (Fsp3) is 0.462. The lowest BCUT2D eigenvalue weighted by molar-refractivity contribution is -0.110. The number of aryl methyl sites for hydroxylation is 1. The number of fused-ring (bicyclic) bond motifs is 1. The largest absolute Gasteiger partial charge is 0.372 e. The second kappa shape index (κ2) is 19.5. The highest BCUT2D eigenvalue weighted by atomic mass is 35.5. The molecule has 0 aromatic heterocycles. The molecule has 1 amide bonds. The van der Waals surface area contributed by atoms with Gasteiger partial charge in [-0.2, -0.15) is 0 Å². The van der Waals surface area contributed by atoms with Crippen molar-refractivity contribution in [1.82, 2.24) is 9.03 Å². The van der Waals surface area contributed by atoms with Crippen molar-refractivity contribution in [2.24, 2.45) is 9.98 Å². The number of amides is 1. The summed E-state index contributed by atoms with van der Waals surface area (Å²) in [7, 11) is -6.77. The number of nitrogens with zero attached hydrogens (tertiary/aromatic N) is 4. The number of hydrogen-bond acceptors (Lipinski definition) is 8. The molecule has 4 rings (SSSR count). The molecule has 0 fully saturated rings. The normalized spacial score (nSPS) is 14.1. The first-order valence-electron chi connectivity index (χ1n) is 18.6. The third-order valence-electron chi connectivity index (χ3n) is 9.31. The van der Waals surface area contributed by atoms with Crippen molar-refractivity contribution in [3.63, 3.8) is 0 Å². The van der Waals surface area contributed by atoms with Crippen LogP contribution in [0.2, 0.25) is 5.02 Å². The van der Waals surface area contributed by atoms with Gasteiger partial charge in [0, 0.05) is 38.1 Å². The van der Waals surface area contributed by atoms with E-state index in [1.807, 2.05) is 12.1 Å². The van der Waals surface area contributed by atoms with Gasteiger partial charge in [0.15, 0.2) is 11.5 Å². The van der Waals surface area contributed by atoms with E-state index in [4.69, 9.17) is 11.6 Å². The molecule has 0 bridgehead atoms. The standard InChI is InChI=1S/C39H53ClN6O5S2/c1-6-9-10-11-12-13-14-15-16-19-26-41-52(48,49)36-28-34(29(4)27-32(36)40)44-39(47)37(42-30-22-24-31(25-23-30)46(7-2)8-3)38-43-33-20-17-18-21-35(33)53(50,51)45(38)5/h17-18,20-25,27-28,41H,6-16,19,26H2,1-5H3,(H,44,47)/b42-37-. The van der Waals surface area contributed by atoms with Gasteiger partial charge in [0.25, 0.3) is 15.9 Å². The summed E-state index contributed by atoms with van der Waals surface area (Å²) in [4.78, 5) is 25.4. The molecule has 288 valence electrons. The molecule has 1 heterocycles. The topological polar surface area (TPSA) is 141 Å². The summed E-state index contributed by atoms with van der Waals surface area (Å²) in [5.41, 5.74) is 1.92. The summed E-state index contributed by atoms with van der Waals surface area (Å²) in [6.07, 6.45) is 11.3. The molecule has 0 spiro atoms. The second-order valence-electron chi connectivity index (χ2n) is 13.2. The number of aliphatic imine (C=N–C) groups is 2. The quantitative estimate of drug-likeness (QED) is 0.0867. The second-order valence-corrected chi connectivity index (χ2v) is 17.2. The molecule has 0 unspecified atom stereocenters. The number of nitrogens with one attached hydrogen (secondary N) is 2. The van der Waals surface area contributed by atoms with E-state index in [2.05, 4.69) is 45.7 Å². The van der Waals surface area contributed by atoms with E-state index in [1.165, 1.54) is 63.8 Å². The Morgan fingerprint density at radius 3 is 2.11 bits per heavy atom. The summed E-state index contributed by atoms with van der Waals surface area (Å²) < 4.78 is 57.5. The van der Waals surface area contributed by atoms with Crippen LogP contribution in [0.1, 0.15) is 90.5 Å². The van der Waals surface area contributed by atoms with Gasteiger partial charge in [0.05, 0.1) is 16.4 Å². The number of anilines is 2. The van der Waals surface area contributed by atoms with Gasteiger partial charge in [-0.05, 0) is 81.3 Å². The van der Waals surface area contributed by atoms with Crippen LogP contribution >= 0.6 is 11.6 Å². The van der Waals surface area contributed by atoms with Gasteiger partial charge >= 0.3 is 0 Å². The number of unbranched alkanes of at least 4 members (excludes halogenated alkanes) is 9. The van der Waals surface area contributed by atoms with Crippen molar-refractivity contribution in [3.05, 3.63) is 71.2 Å². The molecule has 0 saturated carbocycles. The maximum atomic E-state index is 14.2. The van der Waals surface area contributed by atoms with Crippen LogP contribution in [0.4, 0.5) is 22.7 Å². The van der Waals surface area contributed by atoms with E-state index in [0.717, 1.165) is 42.3 Å². The van der Waals surface area contributed by atoms with E-state index in [1.54, 1.807) is 37.3 Å². The molecule has 14 heteroatoms. The number of benzene rings is 3. The Morgan fingerprint density at radius 1 is 0.887 bits per heavy atom. The first kappa shape index (κ1) is 42.0. The summed E-state index contributed by atoms with van der Waals surface area (Å²) in [6, 6.07) is 16.3. The summed E-state index contributed by atoms with van der Waals surface area (Å²) in [6.45, 7) is 9.87. The zero-order chi connectivity index (χ0) is 38.6. The highest BCUT2D eigenvalue weighted by molar-refractivity contribution is 7.90. The monoisotopic (exact) mass is 784 g/mol. The zero-order valence-corrected chi connectivity index (χ0v) is 33.9. The van der Waals surface area contributed by atoms with E-state index in [0.29, 0.717) is 17.7 Å². The van der Waals surface area contributed by atoms with Gasteiger partial charge < -0.3 is 10.2 Å². The Kier molecular flexibility index (Phi) is 15.5. The van der Waals surface area contributed by atoms with Gasteiger partial charge in [0.1, 0.15) is 9.79 Å². The lowest BCUT2D eigenvalue weighted by atomic mass is 10.1. The molecule has 0 aliphatic carbocycles. The molecule has 1 aliphatic rings. The number of halogens is 1. The van der Waals surface area contributed by atoms with E-state index in [9.17, 15) is 21.6 Å². The van der Waals surface area contributed by atoms with Crippen molar-refractivity contribution in [3.8, 4) is 0 Å². The molecular weight excluding hydrogens is 732 g/mol. The average molecular weight is 785 g/mol. The maximum absolute atomic E-state index is 14.2. The van der Waals surface area contributed by atoms with Crippen LogP contribution in [0.25, 0.3) is 0 Å². The fourth-order valence-corrected chi connectivity index (χ4v) is 9.10. The first-order valence-corrected chi connectivity index (χ1v) is 21.9. The minimum Gasteiger partial charge on any atom is -0.372 e. The summed E-state index contributed by atoms with van der Waals surface area (Å²) >= 11 is 6.46. The molecule has 0 radical (unpaired) electrons. The zero-order valence-electron chi connectivity index (χ0n) is 31.5. The number of carbonyl (C=O) groups excluding carboxylic acids is 1. The Morgan fingerprint density at radius 2 is 1.49 bits per heavy atom. The number of sulfonamides is 2. The minimum absolute atomic E-state index is 0.00304. The van der Waals surface area contributed by atoms with Gasteiger partial charge in [0.2, 0.25) is 10.0 Å². The molecular formula is C39H53ClN6O5S2. The van der Waals surface area contributed by atoms with Crippen LogP contribution in [0.15, 0.2) is 80.4 Å². The molecule has 3 aromatic rings. The highest BCUT2D eigenvalue weighted by Gasteiger charge is 2.36. The summed E-state index contributed by atoms with van der Waals surface area (Å²) in [5.74, 6) is -0.975. The molecule has 0 saturated heterocycles. The van der Waals surface area contributed by atoms with Crippen molar-refractivity contribution in [1.29, 1.82) is 0 Å². The van der Waals surface area contributed by atoms with Crippen molar-refractivity contribution < 1.29 is 21.6 Å². The first-order chi connectivity index (χ1) is 25.3. The number of hydrogen-bond donors (Lipinski definition) is 2. The van der Waals surface area contributed by atoms with E-state index in [-0.39, 0.29) is 44.3 Å². The fourth-order valence-electron chi connectivity index (χ4n) is 6.15. The molecule has 2 N–H and O–H groups in total. The SMILES string of the molecule is CCCCCCCCCCCCNS(=O)(=O)c1cc(NC(=O)/C(=N\c2ccc(N(CC)CC)cc2)C2=Nc3ccccc3S(=O)(=O)N2C)c(C)cc1Cl. The number of rotatable bonds is 20. The maximum Gasteiger partial charge on any atom is 0.278 e. The third-order valence-corrected chi connectivity index (χ3v) is 13.0. The number of amidine groups is 1. The average Bonchev–Trinajstić information content (AvgIpc) is 3.13. The number of carbonyl (C=O) groups is 1. The number of para-hydroxylation sites is 1. The van der Waals surface area contributed by atoms with Crippen LogP contribution in [0, 0.1) is 6.92 Å². The van der Waals surface area contributed by atoms with E-state index < -0.39 is 26.0 Å². The third kappa shape index (κ3) is 10.9. The Bertz CT molecular complexity index is 2000.